The molecular formula is C15H14N4O3. The van der Waals surface area contributed by atoms with Crippen LogP contribution in [0.3, 0.4) is 0 Å². The normalized spacial score (nSPS) is 10.8. The van der Waals surface area contributed by atoms with Gasteiger partial charge in [-0.2, -0.15) is 5.10 Å². The molecule has 112 valence electrons. The number of aromatic amines is 1. The highest BCUT2D eigenvalue weighted by Crippen LogP contribution is 2.22. The van der Waals surface area contributed by atoms with Crippen molar-refractivity contribution in [3.63, 3.8) is 0 Å². The van der Waals surface area contributed by atoms with Crippen LogP contribution >= 0.6 is 0 Å². The molecule has 0 fully saturated rings. The number of aryl methyl sites for hydroxylation is 2. The second-order valence-corrected chi connectivity index (χ2v) is 4.96. The van der Waals surface area contributed by atoms with E-state index in [9.17, 15) is 9.59 Å². The summed E-state index contributed by atoms with van der Waals surface area (Å²) < 4.78 is 3.06. The molecular weight excluding hydrogens is 284 g/mol. The van der Waals surface area contributed by atoms with Crippen molar-refractivity contribution in [2.24, 2.45) is 7.05 Å². The van der Waals surface area contributed by atoms with Crippen molar-refractivity contribution in [2.45, 2.75) is 6.92 Å². The highest BCUT2D eigenvalue weighted by Gasteiger charge is 2.13. The monoisotopic (exact) mass is 298 g/mol. The molecule has 0 aliphatic carbocycles. The maximum Gasteiger partial charge on any atom is 0.356 e. The first-order valence-corrected chi connectivity index (χ1v) is 6.62. The van der Waals surface area contributed by atoms with E-state index in [2.05, 4.69) is 10.1 Å². The van der Waals surface area contributed by atoms with Crippen molar-refractivity contribution in [1.82, 2.24) is 19.3 Å². The van der Waals surface area contributed by atoms with E-state index in [0.29, 0.717) is 11.4 Å². The molecule has 2 heterocycles. The van der Waals surface area contributed by atoms with Crippen molar-refractivity contribution >= 4 is 5.97 Å². The molecule has 0 saturated heterocycles. The van der Waals surface area contributed by atoms with E-state index < -0.39 is 5.97 Å². The predicted molar refractivity (Wildman–Crippen MR) is 80.3 cm³/mol. The van der Waals surface area contributed by atoms with Gasteiger partial charge in [0.05, 0.1) is 11.4 Å². The molecule has 22 heavy (non-hydrogen) atoms. The van der Waals surface area contributed by atoms with Crippen molar-refractivity contribution in [3.8, 4) is 16.9 Å². The molecule has 0 aliphatic heterocycles. The largest absolute Gasteiger partial charge is 0.476 e. The Bertz CT molecular complexity index is 917. The molecule has 0 radical (unpaired) electrons. The third-order valence-electron chi connectivity index (χ3n) is 3.46. The summed E-state index contributed by atoms with van der Waals surface area (Å²) in [6.07, 6.45) is 1.64. The number of benzene rings is 1. The van der Waals surface area contributed by atoms with Gasteiger partial charge in [-0.25, -0.2) is 9.59 Å². The minimum Gasteiger partial charge on any atom is -0.476 e. The number of aromatic carboxylic acids is 1. The van der Waals surface area contributed by atoms with Crippen molar-refractivity contribution < 1.29 is 9.90 Å². The first-order valence-electron chi connectivity index (χ1n) is 6.62. The van der Waals surface area contributed by atoms with Crippen LogP contribution in [0.25, 0.3) is 16.9 Å². The van der Waals surface area contributed by atoms with Crippen molar-refractivity contribution in [1.29, 1.82) is 0 Å². The lowest BCUT2D eigenvalue weighted by molar-refractivity contribution is 0.0689. The molecule has 0 amide bonds. The van der Waals surface area contributed by atoms with E-state index >= 15 is 0 Å². The van der Waals surface area contributed by atoms with Crippen molar-refractivity contribution in [2.75, 3.05) is 0 Å². The summed E-state index contributed by atoms with van der Waals surface area (Å²) in [6, 6.07) is 8.81. The standard InChI is InChI=1S/C15H14N4O3/c1-9-8-16-15(22)19(9)11-5-3-4-10(6-11)13-7-12(14(20)21)17-18(13)2/h3-8H,1-2H3,(H,16,22)(H,20,21). The Morgan fingerprint density at radius 3 is 2.68 bits per heavy atom. The van der Waals surface area contributed by atoms with Gasteiger partial charge in [0.25, 0.3) is 0 Å². The highest BCUT2D eigenvalue weighted by molar-refractivity contribution is 5.87. The van der Waals surface area contributed by atoms with E-state index in [1.165, 1.54) is 10.7 Å². The average molecular weight is 298 g/mol. The summed E-state index contributed by atoms with van der Waals surface area (Å²) in [4.78, 5) is 25.5. The molecule has 2 N–H and O–H groups in total. The highest BCUT2D eigenvalue weighted by atomic mass is 16.4. The maximum atomic E-state index is 11.9. The Morgan fingerprint density at radius 2 is 2.09 bits per heavy atom. The van der Waals surface area contributed by atoms with Crippen LogP contribution in [0.1, 0.15) is 16.2 Å². The number of H-pyrrole nitrogens is 1. The Balaban J connectivity index is 2.13. The third-order valence-corrected chi connectivity index (χ3v) is 3.46. The molecule has 1 aromatic carbocycles. The lowest BCUT2D eigenvalue weighted by Crippen LogP contribution is -2.15. The van der Waals surface area contributed by atoms with Crippen LogP contribution in [-0.2, 0) is 7.05 Å². The number of nitrogens with one attached hydrogen (secondary N) is 1. The van der Waals surface area contributed by atoms with Crippen LogP contribution in [0, 0.1) is 6.92 Å². The summed E-state index contributed by atoms with van der Waals surface area (Å²) in [5.41, 5.74) is 2.72. The molecule has 0 unspecified atom stereocenters. The fourth-order valence-electron chi connectivity index (χ4n) is 2.42. The Morgan fingerprint density at radius 1 is 1.32 bits per heavy atom. The molecule has 3 rings (SSSR count). The molecule has 7 heteroatoms. The summed E-state index contributed by atoms with van der Waals surface area (Å²) in [7, 11) is 1.68. The van der Waals surface area contributed by atoms with Crippen LogP contribution in [0.2, 0.25) is 0 Å². The van der Waals surface area contributed by atoms with Gasteiger partial charge < -0.3 is 10.1 Å². The predicted octanol–water partition coefficient (Wildman–Crippen LogP) is 1.57. The van der Waals surface area contributed by atoms with E-state index in [0.717, 1.165) is 11.3 Å². The maximum absolute atomic E-state index is 11.9. The quantitative estimate of drug-likeness (QED) is 0.767. The van der Waals surface area contributed by atoms with E-state index in [1.54, 1.807) is 17.8 Å². The van der Waals surface area contributed by atoms with Gasteiger partial charge in [-0.1, -0.05) is 12.1 Å². The average Bonchev–Trinajstić information content (AvgIpc) is 3.02. The van der Waals surface area contributed by atoms with Gasteiger partial charge >= 0.3 is 11.7 Å². The Labute approximate surface area is 125 Å². The number of aromatic nitrogens is 4. The first kappa shape index (κ1) is 13.9. The smallest absolute Gasteiger partial charge is 0.356 e. The number of carbonyl (C=O) groups is 1. The number of rotatable bonds is 3. The van der Waals surface area contributed by atoms with E-state index in [-0.39, 0.29) is 11.4 Å². The summed E-state index contributed by atoms with van der Waals surface area (Å²) in [5.74, 6) is -1.07. The summed E-state index contributed by atoms with van der Waals surface area (Å²) in [5, 5.41) is 13.0. The SMILES string of the molecule is Cc1c[nH]c(=O)n1-c1cccc(-c2cc(C(=O)O)nn2C)c1. The van der Waals surface area contributed by atoms with Gasteiger partial charge in [-0.05, 0) is 25.1 Å². The van der Waals surface area contributed by atoms with E-state index in [4.69, 9.17) is 5.11 Å². The molecule has 0 aliphatic rings. The number of hydrogen-bond donors (Lipinski definition) is 2. The van der Waals surface area contributed by atoms with Crippen LogP contribution in [0.15, 0.2) is 41.3 Å². The van der Waals surface area contributed by atoms with E-state index in [1.807, 2.05) is 31.2 Å². The summed E-state index contributed by atoms with van der Waals surface area (Å²) >= 11 is 0. The Kier molecular flexibility index (Phi) is 3.17. The molecule has 0 atom stereocenters. The van der Waals surface area contributed by atoms with Gasteiger partial charge in [0.2, 0.25) is 0 Å². The molecule has 2 aromatic heterocycles. The molecule has 0 bridgehead atoms. The first-order chi connectivity index (χ1) is 10.5. The number of hydrogen-bond acceptors (Lipinski definition) is 3. The minimum atomic E-state index is -1.07. The van der Waals surface area contributed by atoms with Crippen LogP contribution < -0.4 is 5.69 Å². The van der Waals surface area contributed by atoms with Crippen LogP contribution in [0.4, 0.5) is 0 Å². The fourth-order valence-corrected chi connectivity index (χ4v) is 2.42. The zero-order chi connectivity index (χ0) is 15.9. The van der Waals surface area contributed by atoms with Gasteiger partial charge in [-0.15, -0.1) is 0 Å². The topological polar surface area (TPSA) is 92.9 Å². The van der Waals surface area contributed by atoms with Gasteiger partial charge in [0.1, 0.15) is 0 Å². The van der Waals surface area contributed by atoms with Crippen LogP contribution in [-0.4, -0.2) is 30.4 Å². The molecule has 0 saturated carbocycles. The fraction of sp³-hybridized carbons (Fsp3) is 0.133. The Hall–Kier alpha value is -3.09. The lowest BCUT2D eigenvalue weighted by Gasteiger charge is -2.07. The molecule has 0 spiro atoms. The zero-order valence-corrected chi connectivity index (χ0v) is 12.1. The number of nitrogens with zero attached hydrogens (tertiary/aromatic N) is 3. The van der Waals surface area contributed by atoms with Gasteiger partial charge in [0, 0.05) is 24.5 Å². The number of imidazole rings is 1. The zero-order valence-electron chi connectivity index (χ0n) is 12.1. The number of carboxylic acid groups (broad SMARTS) is 1. The molecule has 3 aromatic rings. The van der Waals surface area contributed by atoms with Gasteiger partial charge in [-0.3, -0.25) is 9.25 Å². The number of carboxylic acids is 1. The minimum absolute atomic E-state index is 0.0158. The second-order valence-electron chi connectivity index (χ2n) is 4.96. The summed E-state index contributed by atoms with van der Waals surface area (Å²) in [6.45, 7) is 1.83. The second kappa shape index (κ2) is 5.03. The lowest BCUT2D eigenvalue weighted by atomic mass is 10.1. The molecule has 7 nitrogen and oxygen atoms in total. The third kappa shape index (κ3) is 2.22. The van der Waals surface area contributed by atoms with Crippen LogP contribution in [0.5, 0.6) is 0 Å². The van der Waals surface area contributed by atoms with Crippen molar-refractivity contribution in [3.05, 3.63) is 58.4 Å². The van der Waals surface area contributed by atoms with Gasteiger partial charge in [0.15, 0.2) is 5.69 Å².